The molecule has 2 aromatic rings. The minimum Gasteiger partial charge on any atom is -0.264 e. The van der Waals surface area contributed by atoms with E-state index in [1.807, 2.05) is 23.0 Å². The van der Waals surface area contributed by atoms with Crippen molar-refractivity contribution in [2.24, 2.45) is 5.92 Å². The lowest BCUT2D eigenvalue weighted by atomic mass is 9.93. The molecule has 1 fully saturated rings. The fourth-order valence-electron chi connectivity index (χ4n) is 3.33. The summed E-state index contributed by atoms with van der Waals surface area (Å²) in [7, 11) is -3.09. The number of piperidine rings is 1. The molecule has 1 unspecified atom stereocenters. The third-order valence-electron chi connectivity index (χ3n) is 4.58. The molecule has 0 radical (unpaired) electrons. The average molecular weight is 348 g/mol. The highest BCUT2D eigenvalue weighted by molar-refractivity contribution is 7.88. The van der Waals surface area contributed by atoms with Crippen molar-refractivity contribution >= 4 is 10.0 Å². The second-order valence-electron chi connectivity index (χ2n) is 6.42. The number of nitrogens with zero attached hydrogens (tertiary/aromatic N) is 4. The van der Waals surface area contributed by atoms with E-state index in [1.165, 1.54) is 6.26 Å². The molecule has 2 aromatic heterocycles. The monoisotopic (exact) mass is 348 g/mol. The Bertz CT molecular complexity index is 783. The third-order valence-corrected chi connectivity index (χ3v) is 5.85. The van der Waals surface area contributed by atoms with Crippen LogP contribution < -0.4 is 0 Å². The third kappa shape index (κ3) is 3.84. The minimum atomic E-state index is -3.09. The second-order valence-corrected chi connectivity index (χ2v) is 8.40. The minimum absolute atomic E-state index is 0.363. The Balaban J connectivity index is 1.68. The van der Waals surface area contributed by atoms with Crippen LogP contribution in [0.25, 0.3) is 11.4 Å². The average Bonchev–Trinajstić information content (AvgIpc) is 3.04. The summed E-state index contributed by atoms with van der Waals surface area (Å²) in [6.45, 7) is 4.13. The van der Waals surface area contributed by atoms with Crippen molar-refractivity contribution < 1.29 is 8.42 Å². The van der Waals surface area contributed by atoms with Crippen LogP contribution in [0.2, 0.25) is 0 Å². The van der Waals surface area contributed by atoms with E-state index in [9.17, 15) is 8.42 Å². The lowest BCUT2D eigenvalue weighted by Crippen LogP contribution is -2.39. The van der Waals surface area contributed by atoms with E-state index in [4.69, 9.17) is 0 Å². The number of aryl methyl sites for hydroxylation is 1. The molecule has 0 bridgehead atoms. The first kappa shape index (κ1) is 17.1. The molecule has 6 nitrogen and oxygen atoms in total. The van der Waals surface area contributed by atoms with Crippen LogP contribution in [0.1, 0.15) is 25.3 Å². The molecule has 0 amide bonds. The lowest BCUT2D eigenvalue weighted by Gasteiger charge is -2.30. The van der Waals surface area contributed by atoms with Crippen LogP contribution in [-0.2, 0) is 23.0 Å². The molecule has 1 atom stereocenters. The summed E-state index contributed by atoms with van der Waals surface area (Å²) in [5.41, 5.74) is 3.09. The first-order valence-electron chi connectivity index (χ1n) is 8.39. The summed E-state index contributed by atoms with van der Waals surface area (Å²) in [6, 6.07) is 6.08. The highest BCUT2D eigenvalue weighted by Crippen LogP contribution is 2.23. The van der Waals surface area contributed by atoms with Gasteiger partial charge in [0.1, 0.15) is 0 Å². The number of sulfonamides is 1. The molecule has 1 aliphatic heterocycles. The highest BCUT2D eigenvalue weighted by Gasteiger charge is 2.25. The number of hydrogen-bond acceptors (Lipinski definition) is 4. The zero-order chi connectivity index (χ0) is 17.2. The van der Waals surface area contributed by atoms with Gasteiger partial charge in [0.05, 0.1) is 17.6 Å². The summed E-state index contributed by atoms with van der Waals surface area (Å²) >= 11 is 0. The van der Waals surface area contributed by atoms with Crippen molar-refractivity contribution in [3.8, 4) is 11.4 Å². The molecule has 0 spiro atoms. The Morgan fingerprint density at radius 2 is 2.12 bits per heavy atom. The molecule has 0 saturated carbocycles. The van der Waals surface area contributed by atoms with Crippen LogP contribution in [0.4, 0.5) is 0 Å². The van der Waals surface area contributed by atoms with Crippen LogP contribution in [0.15, 0.2) is 30.6 Å². The van der Waals surface area contributed by atoms with E-state index >= 15 is 0 Å². The molecule has 130 valence electrons. The molecular formula is C17H24N4O2S. The first-order chi connectivity index (χ1) is 11.5. The van der Waals surface area contributed by atoms with E-state index in [-0.39, 0.29) is 0 Å². The van der Waals surface area contributed by atoms with Gasteiger partial charge in [-0.2, -0.15) is 5.10 Å². The topological polar surface area (TPSA) is 68.1 Å². The number of aromatic nitrogens is 3. The number of pyridine rings is 1. The van der Waals surface area contributed by atoms with Gasteiger partial charge in [-0.25, -0.2) is 12.7 Å². The summed E-state index contributed by atoms with van der Waals surface area (Å²) in [6.07, 6.45) is 7.85. The maximum absolute atomic E-state index is 11.7. The Labute approximate surface area is 143 Å². The number of hydrogen-bond donors (Lipinski definition) is 0. The van der Waals surface area contributed by atoms with Crippen LogP contribution in [0.5, 0.6) is 0 Å². The fourth-order valence-corrected chi connectivity index (χ4v) is 4.27. The zero-order valence-electron chi connectivity index (χ0n) is 14.2. The van der Waals surface area contributed by atoms with Gasteiger partial charge in [0.25, 0.3) is 0 Å². The standard InChI is InChI=1S/C17H24N4O2S/c1-3-21-17(8-9-19-21)16-7-6-14(12-18-16)11-15-5-4-10-20(13-15)24(2,22)23/h6-9,12,15H,3-5,10-11,13H2,1-2H3. The van der Waals surface area contributed by atoms with Crippen LogP contribution >= 0.6 is 0 Å². The molecule has 3 rings (SSSR count). The molecular weight excluding hydrogens is 324 g/mol. The van der Waals surface area contributed by atoms with E-state index in [0.29, 0.717) is 19.0 Å². The normalized spacial score (nSPS) is 19.5. The van der Waals surface area contributed by atoms with Crippen molar-refractivity contribution in [1.82, 2.24) is 19.1 Å². The van der Waals surface area contributed by atoms with E-state index in [2.05, 4.69) is 23.1 Å². The first-order valence-corrected chi connectivity index (χ1v) is 10.2. The van der Waals surface area contributed by atoms with Crippen LogP contribution in [-0.4, -0.2) is 46.8 Å². The van der Waals surface area contributed by atoms with Crippen LogP contribution in [0.3, 0.4) is 0 Å². The Hall–Kier alpha value is -1.73. The van der Waals surface area contributed by atoms with E-state index in [1.54, 1.807) is 10.5 Å². The van der Waals surface area contributed by atoms with Crippen molar-refractivity contribution in [2.75, 3.05) is 19.3 Å². The Kier molecular flexibility index (Phi) is 5.01. The van der Waals surface area contributed by atoms with Crippen molar-refractivity contribution in [3.63, 3.8) is 0 Å². The fraction of sp³-hybridized carbons (Fsp3) is 0.529. The zero-order valence-corrected chi connectivity index (χ0v) is 15.0. The molecule has 0 aliphatic carbocycles. The van der Waals surface area contributed by atoms with Crippen molar-refractivity contribution in [2.45, 2.75) is 32.7 Å². The molecule has 7 heteroatoms. The Morgan fingerprint density at radius 1 is 1.29 bits per heavy atom. The second kappa shape index (κ2) is 7.03. The maximum atomic E-state index is 11.7. The maximum Gasteiger partial charge on any atom is 0.211 e. The molecule has 3 heterocycles. The van der Waals surface area contributed by atoms with Gasteiger partial charge in [0, 0.05) is 32.0 Å². The molecule has 1 saturated heterocycles. The van der Waals surface area contributed by atoms with Gasteiger partial charge >= 0.3 is 0 Å². The van der Waals surface area contributed by atoms with Gasteiger partial charge in [0.2, 0.25) is 10.0 Å². The van der Waals surface area contributed by atoms with Gasteiger partial charge in [-0.1, -0.05) is 6.07 Å². The SMILES string of the molecule is CCn1nccc1-c1ccc(CC2CCCN(S(C)(=O)=O)C2)cn1. The summed E-state index contributed by atoms with van der Waals surface area (Å²) in [4.78, 5) is 4.57. The Morgan fingerprint density at radius 3 is 2.79 bits per heavy atom. The predicted octanol–water partition coefficient (Wildman–Crippen LogP) is 2.18. The van der Waals surface area contributed by atoms with E-state index < -0.39 is 10.0 Å². The van der Waals surface area contributed by atoms with E-state index in [0.717, 1.165) is 42.8 Å². The largest absolute Gasteiger partial charge is 0.264 e. The van der Waals surface area contributed by atoms with Crippen molar-refractivity contribution in [3.05, 3.63) is 36.2 Å². The van der Waals surface area contributed by atoms with Gasteiger partial charge in [-0.3, -0.25) is 9.67 Å². The highest BCUT2D eigenvalue weighted by atomic mass is 32.2. The predicted molar refractivity (Wildman–Crippen MR) is 94.0 cm³/mol. The lowest BCUT2D eigenvalue weighted by molar-refractivity contribution is 0.266. The quantitative estimate of drug-likeness (QED) is 0.830. The van der Waals surface area contributed by atoms with Gasteiger partial charge < -0.3 is 0 Å². The molecule has 24 heavy (non-hydrogen) atoms. The summed E-state index contributed by atoms with van der Waals surface area (Å²) in [5, 5.41) is 4.27. The molecule has 1 aliphatic rings. The van der Waals surface area contributed by atoms with Gasteiger partial charge in [-0.05, 0) is 49.8 Å². The van der Waals surface area contributed by atoms with Gasteiger partial charge in [-0.15, -0.1) is 0 Å². The van der Waals surface area contributed by atoms with Gasteiger partial charge in [0.15, 0.2) is 0 Å². The number of rotatable bonds is 5. The smallest absolute Gasteiger partial charge is 0.211 e. The van der Waals surface area contributed by atoms with Crippen molar-refractivity contribution in [1.29, 1.82) is 0 Å². The summed E-state index contributed by atoms with van der Waals surface area (Å²) < 4.78 is 27.0. The van der Waals surface area contributed by atoms with Crippen LogP contribution in [0, 0.1) is 5.92 Å². The summed E-state index contributed by atoms with van der Waals surface area (Å²) in [5.74, 6) is 0.363. The molecule has 0 N–H and O–H groups in total. The molecule has 0 aromatic carbocycles.